The fraction of sp³-hybridized carbons (Fsp3) is 0.381. The molecule has 0 radical (unpaired) electrons. The molecule has 1 amide bonds. The minimum absolute atomic E-state index is 0.0308. The Hall–Kier alpha value is -3.74. The summed E-state index contributed by atoms with van der Waals surface area (Å²) >= 11 is 0. The van der Waals surface area contributed by atoms with Crippen LogP contribution in [0.2, 0.25) is 0 Å². The van der Waals surface area contributed by atoms with Gasteiger partial charge in [-0.1, -0.05) is 12.1 Å². The predicted molar refractivity (Wildman–Crippen MR) is 115 cm³/mol. The molecular weight excluding hydrogens is 457 g/mol. The number of nitrogens with one attached hydrogen (secondary N) is 1. The number of para-hydroxylation sites is 1. The van der Waals surface area contributed by atoms with Gasteiger partial charge in [0, 0.05) is 44.1 Å². The quantitative estimate of drug-likeness (QED) is 0.566. The van der Waals surface area contributed by atoms with E-state index < -0.39 is 12.1 Å². The Morgan fingerprint density at radius 2 is 1.91 bits per heavy atom. The molecule has 1 aromatic carbocycles. The van der Waals surface area contributed by atoms with Crippen LogP contribution in [0, 0.1) is 0 Å². The molecule has 2 N–H and O–H groups in total. The zero-order chi connectivity index (χ0) is 24.9. The van der Waals surface area contributed by atoms with Crippen molar-refractivity contribution in [2.45, 2.75) is 38.8 Å². The molecule has 0 saturated heterocycles. The fourth-order valence-corrected chi connectivity index (χ4v) is 3.45. The van der Waals surface area contributed by atoms with Gasteiger partial charge < -0.3 is 15.3 Å². The van der Waals surface area contributed by atoms with Gasteiger partial charge in [-0.25, -0.2) is 4.79 Å². The summed E-state index contributed by atoms with van der Waals surface area (Å²) in [5.41, 5.74) is 2.86. The van der Waals surface area contributed by atoms with Crippen molar-refractivity contribution in [3.63, 3.8) is 0 Å². The van der Waals surface area contributed by atoms with Crippen LogP contribution in [0.4, 0.5) is 13.2 Å². The third-order valence-corrected chi connectivity index (χ3v) is 5.20. The average Bonchev–Trinajstić information content (AvgIpc) is 3.21. The minimum Gasteiger partial charge on any atom is -0.475 e. The number of carboxylic acid groups (broad SMARTS) is 1. The lowest BCUT2D eigenvalue weighted by Gasteiger charge is -2.20. The number of rotatable bonds is 5. The molecule has 13 heteroatoms. The second-order valence-electron chi connectivity index (χ2n) is 7.57. The van der Waals surface area contributed by atoms with E-state index in [4.69, 9.17) is 9.90 Å². The summed E-state index contributed by atoms with van der Waals surface area (Å²) in [7, 11) is 1.81. The van der Waals surface area contributed by atoms with Crippen LogP contribution in [0.25, 0.3) is 10.9 Å². The first-order valence-corrected chi connectivity index (χ1v) is 10.3. The van der Waals surface area contributed by atoms with Crippen molar-refractivity contribution in [2.24, 2.45) is 0 Å². The highest BCUT2D eigenvalue weighted by molar-refractivity contribution is 5.79. The Kier molecular flexibility index (Phi) is 7.66. The maximum Gasteiger partial charge on any atom is 0.490 e. The molecule has 0 bridgehead atoms. The van der Waals surface area contributed by atoms with Gasteiger partial charge in [0.25, 0.3) is 0 Å². The monoisotopic (exact) mass is 480 g/mol. The fourth-order valence-electron chi connectivity index (χ4n) is 3.45. The smallest absolute Gasteiger partial charge is 0.475 e. The van der Waals surface area contributed by atoms with Crippen LogP contribution in [-0.4, -0.2) is 61.2 Å². The molecule has 1 aliphatic heterocycles. The van der Waals surface area contributed by atoms with E-state index in [9.17, 15) is 22.8 Å². The van der Waals surface area contributed by atoms with E-state index >= 15 is 0 Å². The van der Waals surface area contributed by atoms with Gasteiger partial charge >= 0.3 is 12.1 Å². The molecule has 34 heavy (non-hydrogen) atoms. The second kappa shape index (κ2) is 10.5. The summed E-state index contributed by atoms with van der Waals surface area (Å²) in [6.45, 7) is 3.53. The second-order valence-corrected chi connectivity index (χ2v) is 7.57. The molecule has 2 aromatic heterocycles. The Morgan fingerprint density at radius 1 is 1.21 bits per heavy atom. The van der Waals surface area contributed by atoms with Gasteiger partial charge in [0.1, 0.15) is 0 Å². The first kappa shape index (κ1) is 24.9. The van der Waals surface area contributed by atoms with E-state index in [1.165, 1.54) is 6.20 Å². The summed E-state index contributed by atoms with van der Waals surface area (Å²) in [5.74, 6) is -2.73. The molecule has 1 aliphatic rings. The first-order chi connectivity index (χ1) is 16.1. The number of carbonyl (C=O) groups excluding carboxylic acids is 1. The van der Waals surface area contributed by atoms with Gasteiger partial charge in [0.05, 0.1) is 36.7 Å². The molecule has 10 nitrogen and oxygen atoms in total. The molecule has 0 atom stereocenters. The number of amides is 1. The lowest BCUT2D eigenvalue weighted by molar-refractivity contribution is -0.192. The summed E-state index contributed by atoms with van der Waals surface area (Å²) in [5, 5.41) is 19.7. The number of halogens is 3. The lowest BCUT2D eigenvalue weighted by atomic mass is 10.2. The van der Waals surface area contributed by atoms with Crippen molar-refractivity contribution in [2.75, 3.05) is 13.6 Å². The number of benzene rings is 1. The van der Waals surface area contributed by atoms with E-state index in [0.717, 1.165) is 36.4 Å². The third-order valence-electron chi connectivity index (χ3n) is 5.20. The van der Waals surface area contributed by atoms with Crippen molar-refractivity contribution < 1.29 is 27.9 Å². The number of carboxylic acids is 1. The van der Waals surface area contributed by atoms with Crippen molar-refractivity contribution >= 4 is 22.8 Å². The minimum atomic E-state index is -5.08. The van der Waals surface area contributed by atoms with Crippen molar-refractivity contribution in [1.29, 1.82) is 0 Å². The zero-order valence-corrected chi connectivity index (χ0v) is 18.2. The molecule has 0 aliphatic carbocycles. The van der Waals surface area contributed by atoms with E-state index in [2.05, 4.69) is 15.5 Å². The van der Waals surface area contributed by atoms with Crippen LogP contribution < -0.4 is 10.7 Å². The van der Waals surface area contributed by atoms with E-state index in [0.29, 0.717) is 24.9 Å². The molecule has 4 rings (SSSR count). The largest absolute Gasteiger partial charge is 0.490 e. The Bertz CT molecular complexity index is 1240. The number of hydrogen-bond acceptors (Lipinski definition) is 6. The number of alkyl halides is 3. The third kappa shape index (κ3) is 5.98. The molecule has 0 spiro atoms. The van der Waals surface area contributed by atoms with Crippen molar-refractivity contribution in [3.8, 4) is 0 Å². The van der Waals surface area contributed by atoms with Crippen LogP contribution >= 0.6 is 0 Å². The van der Waals surface area contributed by atoms with Gasteiger partial charge in [-0.3, -0.25) is 19.0 Å². The number of nitrogens with zero attached hydrogens (tertiary/aromatic N) is 5. The van der Waals surface area contributed by atoms with Crippen molar-refractivity contribution in [1.82, 2.24) is 29.8 Å². The molecular formula is C21H23F3N6O4. The van der Waals surface area contributed by atoms with Crippen LogP contribution in [0.3, 0.4) is 0 Å². The summed E-state index contributed by atoms with van der Waals surface area (Å²) < 4.78 is 35.5. The standard InChI is InChI=1S/C19H22N6O2.C2HF3O2/c1-23(13-14-10-21-25-9-7-20-11-17(14)25)19(27)6-8-24-16-5-3-2-4-15(16)18(26)12-22-24;3-2(4,5)1(6)7/h2-5,10,12,20H,6-9,11,13H2,1H3;(H,6,7). The SMILES string of the molecule is CN(Cc1cnn2c1CNCC2)C(=O)CCn1ncc(=O)c2ccccc21.O=C(O)C(F)(F)F. The van der Waals surface area contributed by atoms with Gasteiger partial charge in [-0.2, -0.15) is 23.4 Å². The van der Waals surface area contributed by atoms with Gasteiger partial charge in [-0.15, -0.1) is 0 Å². The molecule has 3 aromatic rings. The summed E-state index contributed by atoms with van der Waals surface area (Å²) in [6.07, 6.45) is -1.61. The number of fused-ring (bicyclic) bond motifs is 2. The highest BCUT2D eigenvalue weighted by atomic mass is 19.4. The molecule has 0 unspecified atom stereocenters. The predicted octanol–water partition coefficient (Wildman–Crippen LogP) is 1.38. The zero-order valence-electron chi connectivity index (χ0n) is 18.2. The van der Waals surface area contributed by atoms with E-state index in [-0.39, 0.29) is 11.3 Å². The van der Waals surface area contributed by atoms with Crippen LogP contribution in [0.15, 0.2) is 41.5 Å². The molecule has 0 saturated carbocycles. The normalized spacial score (nSPS) is 13.1. The number of aliphatic carboxylic acids is 1. The highest BCUT2D eigenvalue weighted by Gasteiger charge is 2.38. The Labute approximate surface area is 191 Å². The van der Waals surface area contributed by atoms with Gasteiger partial charge in [0.2, 0.25) is 11.3 Å². The topological polar surface area (TPSA) is 122 Å². The maximum absolute atomic E-state index is 12.6. The Morgan fingerprint density at radius 3 is 2.62 bits per heavy atom. The number of hydrogen-bond donors (Lipinski definition) is 2. The van der Waals surface area contributed by atoms with Crippen LogP contribution in [0.5, 0.6) is 0 Å². The first-order valence-electron chi connectivity index (χ1n) is 10.3. The molecule has 0 fully saturated rings. The summed E-state index contributed by atoms with van der Waals surface area (Å²) in [6, 6.07) is 7.32. The van der Waals surface area contributed by atoms with Gasteiger partial charge in [0.15, 0.2) is 0 Å². The maximum atomic E-state index is 12.6. The molecule has 182 valence electrons. The Balaban J connectivity index is 0.000000406. The van der Waals surface area contributed by atoms with Gasteiger partial charge in [-0.05, 0) is 12.1 Å². The lowest BCUT2D eigenvalue weighted by Crippen LogP contribution is -2.31. The molecule has 3 heterocycles. The van der Waals surface area contributed by atoms with E-state index in [1.54, 1.807) is 22.7 Å². The summed E-state index contributed by atoms with van der Waals surface area (Å²) in [4.78, 5) is 35.1. The van der Waals surface area contributed by atoms with Crippen LogP contribution in [-0.2, 0) is 35.8 Å². The van der Waals surface area contributed by atoms with Crippen molar-refractivity contribution in [3.05, 3.63) is 58.1 Å². The average molecular weight is 480 g/mol. The number of aryl methyl sites for hydroxylation is 1. The number of aromatic nitrogens is 4. The highest BCUT2D eigenvalue weighted by Crippen LogP contribution is 2.15. The van der Waals surface area contributed by atoms with E-state index in [1.807, 2.05) is 29.1 Å². The van der Waals surface area contributed by atoms with Crippen LogP contribution in [0.1, 0.15) is 17.7 Å². The number of carbonyl (C=O) groups is 2.